The van der Waals surface area contributed by atoms with Crippen LogP contribution in [0.3, 0.4) is 0 Å². The maximum absolute atomic E-state index is 10.5. The molecular weight excluding hydrogens is 274 g/mol. The average molecular weight is 297 g/mol. The summed E-state index contributed by atoms with van der Waals surface area (Å²) in [6.45, 7) is 3.38. The lowest BCUT2D eigenvalue weighted by Gasteiger charge is -2.28. The molecule has 6 heteroatoms. The van der Waals surface area contributed by atoms with Gasteiger partial charge in [0.15, 0.2) is 5.13 Å². The van der Waals surface area contributed by atoms with E-state index in [1.807, 2.05) is 5.38 Å². The summed E-state index contributed by atoms with van der Waals surface area (Å²) in [5.41, 5.74) is 0.874. The molecule has 1 aromatic heterocycles. The number of hydrogen-bond acceptors (Lipinski definition) is 5. The van der Waals surface area contributed by atoms with Crippen LogP contribution >= 0.6 is 11.3 Å². The van der Waals surface area contributed by atoms with Gasteiger partial charge in [-0.05, 0) is 45.3 Å². The number of hydrogen-bond donors (Lipinski definition) is 2. The Morgan fingerprint density at radius 1 is 1.55 bits per heavy atom. The number of carbonyl (C=O) groups is 1. The van der Waals surface area contributed by atoms with E-state index < -0.39 is 5.97 Å². The van der Waals surface area contributed by atoms with E-state index in [1.165, 1.54) is 32.4 Å². The van der Waals surface area contributed by atoms with Gasteiger partial charge >= 0.3 is 5.97 Å². The number of nitrogens with zero attached hydrogens (tertiary/aromatic N) is 2. The molecule has 0 aromatic carbocycles. The van der Waals surface area contributed by atoms with Gasteiger partial charge in [-0.25, -0.2) is 4.98 Å². The summed E-state index contributed by atoms with van der Waals surface area (Å²) in [6.07, 6.45) is 4.44. The molecule has 112 valence electrons. The summed E-state index contributed by atoms with van der Waals surface area (Å²) >= 11 is 1.56. The van der Waals surface area contributed by atoms with Crippen LogP contribution in [-0.2, 0) is 11.2 Å². The number of anilines is 1. The van der Waals surface area contributed by atoms with E-state index in [0.29, 0.717) is 6.42 Å². The van der Waals surface area contributed by atoms with Crippen LogP contribution in [-0.4, -0.2) is 47.6 Å². The number of rotatable bonds is 7. The Morgan fingerprint density at radius 3 is 3.00 bits per heavy atom. The topological polar surface area (TPSA) is 65.5 Å². The maximum atomic E-state index is 10.5. The highest BCUT2D eigenvalue weighted by atomic mass is 32.1. The Bertz CT molecular complexity index is 428. The number of carboxylic acid groups (broad SMARTS) is 1. The number of carboxylic acids is 1. The fraction of sp³-hybridized carbons (Fsp3) is 0.714. The smallest absolute Gasteiger partial charge is 0.303 e. The van der Waals surface area contributed by atoms with Crippen LogP contribution in [0.4, 0.5) is 5.13 Å². The van der Waals surface area contributed by atoms with Crippen LogP contribution in [0, 0.1) is 5.92 Å². The molecule has 2 heterocycles. The Labute approximate surface area is 124 Å². The van der Waals surface area contributed by atoms with Gasteiger partial charge in [0.25, 0.3) is 0 Å². The molecule has 0 bridgehead atoms. The van der Waals surface area contributed by atoms with E-state index in [0.717, 1.165) is 23.3 Å². The van der Waals surface area contributed by atoms with Gasteiger partial charge in [-0.15, -0.1) is 11.3 Å². The van der Waals surface area contributed by atoms with Gasteiger partial charge in [0, 0.05) is 18.3 Å². The minimum absolute atomic E-state index is 0.152. The van der Waals surface area contributed by atoms with Gasteiger partial charge in [0.05, 0.1) is 12.1 Å². The van der Waals surface area contributed by atoms with Gasteiger partial charge in [0.1, 0.15) is 0 Å². The maximum Gasteiger partial charge on any atom is 0.303 e. The van der Waals surface area contributed by atoms with Crippen molar-refractivity contribution in [3.05, 3.63) is 11.1 Å². The second kappa shape index (κ2) is 7.59. The predicted octanol–water partition coefficient (Wildman–Crippen LogP) is 2.30. The first kappa shape index (κ1) is 15.3. The van der Waals surface area contributed by atoms with E-state index in [-0.39, 0.29) is 6.42 Å². The summed E-state index contributed by atoms with van der Waals surface area (Å²) in [5, 5.41) is 14.9. The zero-order valence-corrected chi connectivity index (χ0v) is 12.8. The number of aromatic nitrogens is 1. The van der Waals surface area contributed by atoms with Crippen molar-refractivity contribution < 1.29 is 9.90 Å². The Morgan fingerprint density at radius 2 is 2.30 bits per heavy atom. The SMILES string of the molecule is CN1CCC(CCNc2nc(CCC(=O)O)cs2)CC1. The second-order valence-corrected chi connectivity index (χ2v) is 6.36. The minimum atomic E-state index is -0.769. The molecule has 1 saturated heterocycles. The first-order valence-corrected chi connectivity index (χ1v) is 8.10. The summed E-state index contributed by atoms with van der Waals surface area (Å²) < 4.78 is 0. The van der Waals surface area contributed by atoms with E-state index in [9.17, 15) is 4.79 Å². The molecule has 0 radical (unpaired) electrons. The van der Waals surface area contributed by atoms with Crippen LogP contribution < -0.4 is 5.32 Å². The van der Waals surface area contributed by atoms with Gasteiger partial charge in [0.2, 0.25) is 0 Å². The molecule has 0 spiro atoms. The first-order valence-electron chi connectivity index (χ1n) is 7.22. The quantitative estimate of drug-likeness (QED) is 0.808. The van der Waals surface area contributed by atoms with Gasteiger partial charge in [-0.3, -0.25) is 4.79 Å². The third kappa shape index (κ3) is 5.09. The molecule has 0 aliphatic carbocycles. The molecule has 5 nitrogen and oxygen atoms in total. The Balaban J connectivity index is 1.65. The average Bonchev–Trinajstić information content (AvgIpc) is 2.87. The molecule has 1 aliphatic rings. The zero-order chi connectivity index (χ0) is 14.4. The van der Waals surface area contributed by atoms with Crippen molar-refractivity contribution in [3.63, 3.8) is 0 Å². The first-order chi connectivity index (χ1) is 9.63. The fourth-order valence-corrected chi connectivity index (χ4v) is 3.25. The van der Waals surface area contributed by atoms with Crippen molar-refractivity contribution >= 4 is 22.4 Å². The van der Waals surface area contributed by atoms with Crippen molar-refractivity contribution in [2.75, 3.05) is 32.0 Å². The molecule has 2 rings (SSSR count). The highest BCUT2D eigenvalue weighted by Crippen LogP contribution is 2.21. The van der Waals surface area contributed by atoms with Crippen molar-refractivity contribution in [3.8, 4) is 0 Å². The van der Waals surface area contributed by atoms with Crippen LogP contribution in [0.25, 0.3) is 0 Å². The summed E-state index contributed by atoms with van der Waals surface area (Å²) in [4.78, 5) is 17.3. The van der Waals surface area contributed by atoms with Gasteiger partial charge in [-0.1, -0.05) is 0 Å². The standard InChI is InChI=1S/C14H23N3O2S/c1-17-8-5-11(6-9-17)4-7-15-14-16-12(10-20-14)2-3-13(18)19/h10-11H,2-9H2,1H3,(H,15,16)(H,18,19). The van der Waals surface area contributed by atoms with E-state index in [4.69, 9.17) is 5.11 Å². The molecule has 1 fully saturated rings. The van der Waals surface area contributed by atoms with Crippen molar-refractivity contribution in [2.45, 2.75) is 32.1 Å². The third-order valence-electron chi connectivity index (χ3n) is 3.81. The van der Waals surface area contributed by atoms with Gasteiger partial charge < -0.3 is 15.3 Å². The number of likely N-dealkylation sites (tertiary alicyclic amines) is 1. The van der Waals surface area contributed by atoms with Crippen LogP contribution in [0.2, 0.25) is 0 Å². The van der Waals surface area contributed by atoms with E-state index in [1.54, 1.807) is 11.3 Å². The summed E-state index contributed by atoms with van der Waals surface area (Å²) in [7, 11) is 2.18. The molecule has 1 aromatic rings. The lowest BCUT2D eigenvalue weighted by atomic mass is 9.94. The molecule has 0 amide bonds. The van der Waals surface area contributed by atoms with Crippen LogP contribution in [0.15, 0.2) is 5.38 Å². The number of thiazole rings is 1. The van der Waals surface area contributed by atoms with Crippen LogP contribution in [0.5, 0.6) is 0 Å². The van der Waals surface area contributed by atoms with Crippen LogP contribution in [0.1, 0.15) is 31.4 Å². The number of piperidine rings is 1. The number of aliphatic carboxylic acids is 1. The minimum Gasteiger partial charge on any atom is -0.481 e. The number of nitrogens with one attached hydrogen (secondary N) is 1. The lowest BCUT2D eigenvalue weighted by molar-refractivity contribution is -0.136. The van der Waals surface area contributed by atoms with Crippen molar-refractivity contribution in [1.29, 1.82) is 0 Å². The molecule has 0 saturated carbocycles. The van der Waals surface area contributed by atoms with Crippen molar-refractivity contribution in [2.24, 2.45) is 5.92 Å². The molecule has 0 atom stereocenters. The van der Waals surface area contributed by atoms with Gasteiger partial charge in [-0.2, -0.15) is 0 Å². The molecule has 1 aliphatic heterocycles. The predicted molar refractivity (Wildman–Crippen MR) is 81.4 cm³/mol. The molecule has 0 unspecified atom stereocenters. The zero-order valence-electron chi connectivity index (χ0n) is 12.0. The Kier molecular flexibility index (Phi) is 5.79. The normalized spacial score (nSPS) is 17.2. The number of aryl methyl sites for hydroxylation is 1. The Hall–Kier alpha value is -1.14. The molecule has 2 N–H and O–H groups in total. The third-order valence-corrected chi connectivity index (χ3v) is 4.66. The van der Waals surface area contributed by atoms with E-state index >= 15 is 0 Å². The highest BCUT2D eigenvalue weighted by molar-refractivity contribution is 7.13. The monoisotopic (exact) mass is 297 g/mol. The summed E-state index contributed by atoms with van der Waals surface area (Å²) in [5.74, 6) is 0.0555. The fourth-order valence-electron chi connectivity index (χ4n) is 2.47. The largest absolute Gasteiger partial charge is 0.481 e. The van der Waals surface area contributed by atoms with E-state index in [2.05, 4.69) is 22.2 Å². The second-order valence-electron chi connectivity index (χ2n) is 5.50. The summed E-state index contributed by atoms with van der Waals surface area (Å²) in [6, 6.07) is 0. The van der Waals surface area contributed by atoms with Crippen molar-refractivity contribution in [1.82, 2.24) is 9.88 Å². The highest BCUT2D eigenvalue weighted by Gasteiger charge is 2.16. The molecule has 20 heavy (non-hydrogen) atoms. The lowest BCUT2D eigenvalue weighted by Crippen LogP contribution is -2.30. The molecular formula is C14H23N3O2S.